The summed E-state index contributed by atoms with van der Waals surface area (Å²) in [5, 5.41) is 0. The lowest BCUT2D eigenvalue weighted by atomic mass is 9.70. The molecule has 0 amide bonds. The van der Waals surface area contributed by atoms with Crippen LogP contribution in [0.1, 0.15) is 74.1 Å². The first-order chi connectivity index (χ1) is 6.17. The minimum Gasteiger partial charge on any atom is -0.0654 e. The van der Waals surface area contributed by atoms with Gasteiger partial charge < -0.3 is 0 Å². The monoisotopic (exact) mass is 198 g/mol. The fourth-order valence-corrected chi connectivity index (χ4v) is 2.03. The molecule has 0 fully saturated rings. The maximum absolute atomic E-state index is 2.39. The molecule has 1 atom stereocenters. The third-order valence-electron chi connectivity index (χ3n) is 2.99. The van der Waals surface area contributed by atoms with Crippen molar-refractivity contribution >= 4 is 0 Å². The lowest BCUT2D eigenvalue weighted by molar-refractivity contribution is 0.152. The Morgan fingerprint density at radius 3 is 1.71 bits per heavy atom. The first kappa shape index (κ1) is 14.0. The van der Waals surface area contributed by atoms with Crippen LogP contribution in [-0.4, -0.2) is 0 Å². The quantitative estimate of drug-likeness (QED) is 0.577. The molecule has 0 aliphatic rings. The van der Waals surface area contributed by atoms with Gasteiger partial charge in [-0.15, -0.1) is 0 Å². The Morgan fingerprint density at radius 2 is 1.43 bits per heavy atom. The molecule has 0 heteroatoms. The van der Waals surface area contributed by atoms with Crippen molar-refractivity contribution in [1.29, 1.82) is 0 Å². The summed E-state index contributed by atoms with van der Waals surface area (Å²) in [6.45, 7) is 16.5. The summed E-state index contributed by atoms with van der Waals surface area (Å²) in [6, 6.07) is 0. The molecule has 0 aromatic carbocycles. The average molecular weight is 198 g/mol. The van der Waals surface area contributed by atoms with Gasteiger partial charge in [0.25, 0.3) is 0 Å². The third-order valence-corrected chi connectivity index (χ3v) is 2.99. The van der Waals surface area contributed by atoms with Gasteiger partial charge in [-0.1, -0.05) is 61.3 Å². The SMILES string of the molecule is CCCC[C@@H](CC(C)(C)C)C(C)(C)C. The van der Waals surface area contributed by atoms with Crippen LogP contribution in [0.25, 0.3) is 0 Å². The number of hydrogen-bond acceptors (Lipinski definition) is 0. The van der Waals surface area contributed by atoms with E-state index in [-0.39, 0.29) is 0 Å². The molecule has 0 aromatic heterocycles. The van der Waals surface area contributed by atoms with Crippen molar-refractivity contribution in [3.05, 3.63) is 0 Å². The Hall–Kier alpha value is 0. The molecule has 86 valence electrons. The molecule has 0 aliphatic carbocycles. The van der Waals surface area contributed by atoms with Crippen LogP contribution < -0.4 is 0 Å². The van der Waals surface area contributed by atoms with E-state index >= 15 is 0 Å². The van der Waals surface area contributed by atoms with Crippen LogP contribution in [0.5, 0.6) is 0 Å². The second kappa shape index (κ2) is 5.19. The van der Waals surface area contributed by atoms with Crippen molar-refractivity contribution in [2.45, 2.75) is 74.1 Å². The Kier molecular flexibility index (Phi) is 5.19. The molecule has 0 spiro atoms. The number of hydrogen-bond donors (Lipinski definition) is 0. The van der Waals surface area contributed by atoms with E-state index < -0.39 is 0 Å². The molecular formula is C14H30. The van der Waals surface area contributed by atoms with E-state index in [0.29, 0.717) is 10.8 Å². The molecule has 0 heterocycles. The van der Waals surface area contributed by atoms with Crippen molar-refractivity contribution in [1.82, 2.24) is 0 Å². The highest BCUT2D eigenvalue weighted by molar-refractivity contribution is 4.78. The van der Waals surface area contributed by atoms with Crippen LogP contribution in [-0.2, 0) is 0 Å². The molecule has 0 saturated heterocycles. The molecule has 0 N–H and O–H groups in total. The van der Waals surface area contributed by atoms with Crippen molar-refractivity contribution < 1.29 is 0 Å². The zero-order valence-corrected chi connectivity index (χ0v) is 11.4. The minimum absolute atomic E-state index is 0.475. The van der Waals surface area contributed by atoms with E-state index in [1.165, 1.54) is 25.7 Å². The van der Waals surface area contributed by atoms with Crippen LogP contribution in [0.3, 0.4) is 0 Å². The zero-order chi connectivity index (χ0) is 11.4. The van der Waals surface area contributed by atoms with E-state index in [0.717, 1.165) is 5.92 Å². The summed E-state index contributed by atoms with van der Waals surface area (Å²) in [6.07, 6.45) is 5.47. The molecule has 0 saturated carbocycles. The highest BCUT2D eigenvalue weighted by Crippen LogP contribution is 2.38. The van der Waals surface area contributed by atoms with Crippen molar-refractivity contribution in [2.24, 2.45) is 16.7 Å². The Bertz CT molecular complexity index is 142. The van der Waals surface area contributed by atoms with Crippen molar-refractivity contribution in [3.63, 3.8) is 0 Å². The first-order valence-corrected chi connectivity index (χ1v) is 6.17. The van der Waals surface area contributed by atoms with Gasteiger partial charge in [-0.2, -0.15) is 0 Å². The molecule has 0 aliphatic heterocycles. The van der Waals surface area contributed by atoms with Gasteiger partial charge in [0.15, 0.2) is 0 Å². The fourth-order valence-electron chi connectivity index (χ4n) is 2.03. The summed E-state index contributed by atoms with van der Waals surface area (Å²) in [7, 11) is 0. The van der Waals surface area contributed by atoms with Gasteiger partial charge in [-0.25, -0.2) is 0 Å². The second-order valence-electron chi connectivity index (χ2n) is 6.97. The summed E-state index contributed by atoms with van der Waals surface area (Å²) < 4.78 is 0. The molecule has 0 rings (SSSR count). The molecule has 14 heavy (non-hydrogen) atoms. The lowest BCUT2D eigenvalue weighted by Gasteiger charge is -2.35. The highest BCUT2D eigenvalue weighted by atomic mass is 14.3. The highest BCUT2D eigenvalue weighted by Gasteiger charge is 2.28. The van der Waals surface area contributed by atoms with E-state index in [1.54, 1.807) is 0 Å². The third kappa shape index (κ3) is 6.45. The smallest absolute Gasteiger partial charge is 0.0354 e. The molecule has 0 unspecified atom stereocenters. The van der Waals surface area contributed by atoms with Crippen LogP contribution in [0, 0.1) is 16.7 Å². The van der Waals surface area contributed by atoms with Crippen LogP contribution in [0.15, 0.2) is 0 Å². The lowest BCUT2D eigenvalue weighted by Crippen LogP contribution is -2.25. The maximum atomic E-state index is 2.39. The van der Waals surface area contributed by atoms with Gasteiger partial charge in [-0.3, -0.25) is 0 Å². The van der Waals surface area contributed by atoms with Gasteiger partial charge in [-0.05, 0) is 29.6 Å². The van der Waals surface area contributed by atoms with Gasteiger partial charge >= 0.3 is 0 Å². The maximum Gasteiger partial charge on any atom is -0.0354 e. The van der Waals surface area contributed by atoms with Gasteiger partial charge in [0, 0.05) is 0 Å². The van der Waals surface area contributed by atoms with Crippen LogP contribution in [0.2, 0.25) is 0 Å². The van der Waals surface area contributed by atoms with Crippen LogP contribution >= 0.6 is 0 Å². The average Bonchev–Trinajstić information content (AvgIpc) is 1.93. The molecule has 0 radical (unpaired) electrons. The molecule has 0 aromatic rings. The summed E-state index contributed by atoms with van der Waals surface area (Å²) in [5.74, 6) is 0.877. The normalized spacial score (nSPS) is 15.6. The zero-order valence-electron chi connectivity index (χ0n) is 11.4. The first-order valence-electron chi connectivity index (χ1n) is 6.17. The van der Waals surface area contributed by atoms with Gasteiger partial charge in [0.2, 0.25) is 0 Å². The molecule has 0 bridgehead atoms. The minimum atomic E-state index is 0.475. The van der Waals surface area contributed by atoms with Gasteiger partial charge in [0.1, 0.15) is 0 Å². The van der Waals surface area contributed by atoms with Crippen LogP contribution in [0.4, 0.5) is 0 Å². The standard InChI is InChI=1S/C14H30/c1-8-9-10-12(14(5,6)7)11-13(2,3)4/h12H,8-11H2,1-7H3/t12-/m0/s1. The summed E-state index contributed by atoms with van der Waals surface area (Å²) >= 11 is 0. The Balaban J connectivity index is 4.26. The predicted octanol–water partition coefficient (Wildman–Crippen LogP) is 5.28. The van der Waals surface area contributed by atoms with Crippen molar-refractivity contribution in [3.8, 4) is 0 Å². The molecular weight excluding hydrogens is 168 g/mol. The second-order valence-corrected chi connectivity index (χ2v) is 6.97. The van der Waals surface area contributed by atoms with Crippen molar-refractivity contribution in [2.75, 3.05) is 0 Å². The topological polar surface area (TPSA) is 0 Å². The number of unbranched alkanes of at least 4 members (excludes halogenated alkanes) is 1. The van der Waals surface area contributed by atoms with E-state index in [4.69, 9.17) is 0 Å². The van der Waals surface area contributed by atoms with E-state index in [2.05, 4.69) is 48.5 Å². The Labute approximate surface area is 91.5 Å². The molecule has 0 nitrogen and oxygen atoms in total. The fraction of sp³-hybridized carbons (Fsp3) is 1.00. The number of rotatable bonds is 4. The predicted molar refractivity (Wildman–Crippen MR) is 66.5 cm³/mol. The Morgan fingerprint density at radius 1 is 0.929 bits per heavy atom. The van der Waals surface area contributed by atoms with E-state index in [1.807, 2.05) is 0 Å². The van der Waals surface area contributed by atoms with E-state index in [9.17, 15) is 0 Å². The summed E-state index contributed by atoms with van der Waals surface area (Å²) in [5.41, 5.74) is 0.953. The van der Waals surface area contributed by atoms with Gasteiger partial charge in [0.05, 0.1) is 0 Å². The largest absolute Gasteiger partial charge is 0.0654 e. The summed E-state index contributed by atoms with van der Waals surface area (Å²) in [4.78, 5) is 0.